The molecule has 1 N–H and O–H groups in total. The highest BCUT2D eigenvalue weighted by molar-refractivity contribution is 7.98. The van der Waals surface area contributed by atoms with Gasteiger partial charge in [-0.1, -0.05) is 61.0 Å². The van der Waals surface area contributed by atoms with E-state index in [1.165, 1.54) is 11.8 Å². The minimum atomic E-state index is -0.638. The van der Waals surface area contributed by atoms with Crippen LogP contribution in [0.3, 0.4) is 0 Å². The molecule has 1 aromatic heterocycles. The molecule has 2 aliphatic rings. The number of anilines is 1. The minimum absolute atomic E-state index is 0.0427. The largest absolute Gasteiger partial charge is 0.493 e. The lowest BCUT2D eigenvalue weighted by Crippen LogP contribution is -2.38. The fraction of sp³-hybridized carbons (Fsp3) is 0.438. The Bertz CT molecular complexity index is 1520. The summed E-state index contributed by atoms with van der Waals surface area (Å²) in [4.78, 5) is 32.8. The smallest absolute Gasteiger partial charge is 0.338 e. The standard InChI is InChI=1S/C32H38ClN5O5S/c1-4-5-17-42-30(40)28-21(2)34-31-35-32(44-20-23-11-7-8-12-24(23)33)36-38(31)29(28)22-13-14-25(26(18-22)41-3)43-19-27(39)37-15-9-6-10-16-37/h7-8,11-14,18,29H,4-6,9-10,15-17,19-20H2,1-3H3,(H,34,35,36). The summed E-state index contributed by atoms with van der Waals surface area (Å²) >= 11 is 7.82. The quantitative estimate of drug-likeness (QED) is 0.140. The van der Waals surface area contributed by atoms with Gasteiger partial charge in [0.1, 0.15) is 6.04 Å². The molecule has 1 amide bonds. The number of unbranched alkanes of at least 4 members (excludes halogenated alkanes) is 1. The number of benzene rings is 2. The highest BCUT2D eigenvalue weighted by Crippen LogP contribution is 2.40. The van der Waals surface area contributed by atoms with Crippen molar-refractivity contribution in [3.8, 4) is 11.5 Å². The van der Waals surface area contributed by atoms with Gasteiger partial charge in [0, 0.05) is 29.6 Å². The molecule has 234 valence electrons. The van der Waals surface area contributed by atoms with E-state index in [1.807, 2.05) is 55.1 Å². The maximum Gasteiger partial charge on any atom is 0.338 e. The van der Waals surface area contributed by atoms with Crippen LogP contribution in [0, 0.1) is 0 Å². The van der Waals surface area contributed by atoms with Gasteiger partial charge in [-0.3, -0.25) is 4.79 Å². The second-order valence-corrected chi connectivity index (χ2v) is 12.1. The second kappa shape index (κ2) is 14.9. The number of piperidine rings is 1. The van der Waals surface area contributed by atoms with Crippen molar-refractivity contribution in [1.82, 2.24) is 19.7 Å². The van der Waals surface area contributed by atoms with Crippen LogP contribution in [0.5, 0.6) is 11.5 Å². The Kier molecular flexibility index (Phi) is 10.7. The molecule has 0 aliphatic carbocycles. The number of esters is 1. The monoisotopic (exact) mass is 639 g/mol. The van der Waals surface area contributed by atoms with Gasteiger partial charge in [-0.2, -0.15) is 4.98 Å². The van der Waals surface area contributed by atoms with Gasteiger partial charge in [-0.05, 0) is 61.9 Å². The number of likely N-dealkylation sites (tertiary alicyclic amines) is 1. The average molecular weight is 640 g/mol. The van der Waals surface area contributed by atoms with Crippen molar-refractivity contribution in [1.29, 1.82) is 0 Å². The first-order valence-electron chi connectivity index (χ1n) is 15.0. The number of carbonyl (C=O) groups excluding carboxylic acids is 2. The molecule has 0 saturated carbocycles. The number of rotatable bonds is 12. The van der Waals surface area contributed by atoms with Crippen LogP contribution in [0.25, 0.3) is 0 Å². The van der Waals surface area contributed by atoms with E-state index in [1.54, 1.807) is 17.9 Å². The zero-order valence-corrected chi connectivity index (χ0v) is 26.9. The summed E-state index contributed by atoms with van der Waals surface area (Å²) in [5.41, 5.74) is 2.77. The molecule has 3 heterocycles. The number of amides is 1. The number of aromatic nitrogens is 3. The molecule has 0 bridgehead atoms. The molecular weight excluding hydrogens is 602 g/mol. The molecule has 0 radical (unpaired) electrons. The summed E-state index contributed by atoms with van der Waals surface area (Å²) in [5, 5.41) is 9.27. The predicted molar refractivity (Wildman–Crippen MR) is 170 cm³/mol. The van der Waals surface area contributed by atoms with Gasteiger partial charge in [-0.15, -0.1) is 5.10 Å². The molecule has 5 rings (SSSR count). The third-order valence-electron chi connectivity index (χ3n) is 7.66. The van der Waals surface area contributed by atoms with E-state index in [9.17, 15) is 9.59 Å². The maximum atomic E-state index is 13.5. The van der Waals surface area contributed by atoms with Crippen molar-refractivity contribution < 1.29 is 23.8 Å². The Balaban J connectivity index is 1.43. The number of nitrogens with one attached hydrogen (secondary N) is 1. The number of fused-ring (bicyclic) bond motifs is 1. The predicted octanol–water partition coefficient (Wildman–Crippen LogP) is 6.26. The van der Waals surface area contributed by atoms with Gasteiger partial charge >= 0.3 is 5.97 Å². The highest BCUT2D eigenvalue weighted by Gasteiger charge is 2.36. The Hall–Kier alpha value is -3.70. The molecular formula is C32H38ClN5O5S. The number of nitrogens with zero attached hydrogens (tertiary/aromatic N) is 4. The summed E-state index contributed by atoms with van der Waals surface area (Å²) in [6.45, 7) is 5.65. The van der Waals surface area contributed by atoms with Crippen LogP contribution in [-0.2, 0) is 20.1 Å². The van der Waals surface area contributed by atoms with Crippen LogP contribution in [-0.4, -0.2) is 65.0 Å². The Morgan fingerprint density at radius 1 is 1.11 bits per heavy atom. The highest BCUT2D eigenvalue weighted by atomic mass is 35.5. The van der Waals surface area contributed by atoms with Crippen molar-refractivity contribution in [2.75, 3.05) is 38.7 Å². The molecule has 2 aromatic carbocycles. The Morgan fingerprint density at radius 3 is 2.66 bits per heavy atom. The molecule has 1 saturated heterocycles. The number of hydrogen-bond acceptors (Lipinski definition) is 9. The van der Waals surface area contributed by atoms with Crippen LogP contribution in [0.2, 0.25) is 5.02 Å². The summed E-state index contributed by atoms with van der Waals surface area (Å²) in [5.74, 6) is 1.51. The van der Waals surface area contributed by atoms with E-state index in [2.05, 4.69) is 5.32 Å². The van der Waals surface area contributed by atoms with Crippen LogP contribution in [0.1, 0.15) is 63.1 Å². The van der Waals surface area contributed by atoms with Gasteiger partial charge in [0.05, 0.1) is 19.3 Å². The molecule has 0 spiro atoms. The maximum absolute atomic E-state index is 13.5. The Morgan fingerprint density at radius 2 is 1.91 bits per heavy atom. The lowest BCUT2D eigenvalue weighted by Gasteiger charge is -2.28. The topological polar surface area (TPSA) is 108 Å². The van der Waals surface area contributed by atoms with Crippen molar-refractivity contribution in [3.63, 3.8) is 0 Å². The van der Waals surface area contributed by atoms with Crippen LogP contribution in [0.15, 0.2) is 58.9 Å². The van der Waals surface area contributed by atoms with E-state index >= 15 is 0 Å². The lowest BCUT2D eigenvalue weighted by molar-refractivity contribution is -0.139. The average Bonchev–Trinajstić information content (AvgIpc) is 3.45. The number of allylic oxidation sites excluding steroid dienone is 1. The zero-order chi connectivity index (χ0) is 31.1. The number of carbonyl (C=O) groups is 2. The summed E-state index contributed by atoms with van der Waals surface area (Å²) in [6, 6.07) is 12.5. The van der Waals surface area contributed by atoms with Crippen molar-refractivity contribution in [2.24, 2.45) is 0 Å². The van der Waals surface area contributed by atoms with E-state index in [0.717, 1.165) is 56.3 Å². The van der Waals surface area contributed by atoms with Gasteiger partial charge in [0.15, 0.2) is 18.1 Å². The first-order valence-corrected chi connectivity index (χ1v) is 16.3. The number of methoxy groups -OCH3 is 1. The molecule has 44 heavy (non-hydrogen) atoms. The van der Waals surface area contributed by atoms with Crippen molar-refractivity contribution >= 4 is 41.2 Å². The van der Waals surface area contributed by atoms with Gasteiger partial charge in [0.25, 0.3) is 5.91 Å². The van der Waals surface area contributed by atoms with Crippen LogP contribution >= 0.6 is 23.4 Å². The van der Waals surface area contributed by atoms with Gasteiger partial charge in [0.2, 0.25) is 11.1 Å². The normalized spacial score (nSPS) is 16.3. The van der Waals surface area contributed by atoms with Crippen molar-refractivity contribution in [3.05, 3.63) is 69.9 Å². The molecule has 1 fully saturated rings. The Labute approximate surface area is 267 Å². The summed E-state index contributed by atoms with van der Waals surface area (Å²) < 4.78 is 19.0. The lowest BCUT2D eigenvalue weighted by atomic mass is 9.95. The van der Waals surface area contributed by atoms with Crippen LogP contribution in [0.4, 0.5) is 5.95 Å². The SMILES string of the molecule is CCCCOC(=O)C1=C(C)Nc2nc(SCc3ccccc3Cl)nn2C1c1ccc(OCC(=O)N2CCCCC2)c(OC)c1. The molecule has 1 unspecified atom stereocenters. The van der Waals surface area contributed by atoms with E-state index in [-0.39, 0.29) is 12.5 Å². The third-order valence-corrected chi connectivity index (χ3v) is 8.92. The molecule has 12 heteroatoms. The molecule has 10 nitrogen and oxygen atoms in total. The van der Waals surface area contributed by atoms with E-state index < -0.39 is 12.0 Å². The summed E-state index contributed by atoms with van der Waals surface area (Å²) in [7, 11) is 1.55. The molecule has 2 aliphatic heterocycles. The van der Waals surface area contributed by atoms with Gasteiger partial charge < -0.3 is 24.4 Å². The first-order chi connectivity index (χ1) is 21.4. The zero-order valence-electron chi connectivity index (χ0n) is 25.3. The third kappa shape index (κ3) is 7.32. The second-order valence-electron chi connectivity index (χ2n) is 10.7. The number of hydrogen-bond donors (Lipinski definition) is 1. The molecule has 1 atom stereocenters. The minimum Gasteiger partial charge on any atom is -0.493 e. The fourth-order valence-corrected chi connectivity index (χ4v) is 6.37. The first kappa shape index (κ1) is 31.7. The molecule has 3 aromatic rings. The van der Waals surface area contributed by atoms with Gasteiger partial charge in [-0.25, -0.2) is 9.48 Å². The summed E-state index contributed by atoms with van der Waals surface area (Å²) in [6.07, 6.45) is 4.85. The number of halogens is 1. The van der Waals surface area contributed by atoms with E-state index in [0.29, 0.717) is 51.3 Å². The number of ether oxygens (including phenoxy) is 3. The number of thioether (sulfide) groups is 1. The van der Waals surface area contributed by atoms with Crippen LogP contribution < -0.4 is 14.8 Å². The van der Waals surface area contributed by atoms with Crippen molar-refractivity contribution in [2.45, 2.75) is 62.9 Å². The van der Waals surface area contributed by atoms with E-state index in [4.69, 9.17) is 35.9 Å². The fourth-order valence-electron chi connectivity index (χ4n) is 5.26.